The monoisotopic (exact) mass is 302 g/mol. The predicted molar refractivity (Wildman–Crippen MR) is 91.8 cm³/mol. The summed E-state index contributed by atoms with van der Waals surface area (Å²) in [5.74, 6) is 0.476. The molecule has 0 amide bonds. The van der Waals surface area contributed by atoms with Crippen LogP contribution in [-0.2, 0) is 9.53 Å². The number of carbonyl (C=O) groups is 1. The van der Waals surface area contributed by atoms with Gasteiger partial charge < -0.3 is 4.74 Å². The fourth-order valence-electron chi connectivity index (χ4n) is 3.35. The fraction of sp³-hybridized carbons (Fsp3) is 0.650. The van der Waals surface area contributed by atoms with E-state index in [0.717, 1.165) is 56.8 Å². The van der Waals surface area contributed by atoms with E-state index < -0.39 is 0 Å². The molecule has 1 saturated heterocycles. The van der Waals surface area contributed by atoms with E-state index in [0.29, 0.717) is 12.0 Å². The molecule has 0 bridgehead atoms. The smallest absolute Gasteiger partial charge is 0.145 e. The second kappa shape index (κ2) is 7.41. The van der Waals surface area contributed by atoms with Crippen molar-refractivity contribution in [2.45, 2.75) is 77.4 Å². The number of hydrogen-bond acceptors (Lipinski definition) is 2. The van der Waals surface area contributed by atoms with E-state index in [1.54, 1.807) is 0 Å². The first-order chi connectivity index (χ1) is 10.4. The van der Waals surface area contributed by atoms with Crippen molar-refractivity contribution in [3.8, 4) is 0 Å². The van der Waals surface area contributed by atoms with E-state index in [1.165, 1.54) is 11.1 Å². The Balaban J connectivity index is 2.09. The van der Waals surface area contributed by atoms with Gasteiger partial charge in [-0.3, -0.25) is 4.79 Å². The number of allylic oxidation sites excluding steroid dienone is 5. The zero-order valence-corrected chi connectivity index (χ0v) is 14.4. The molecule has 0 aromatic carbocycles. The fourth-order valence-corrected chi connectivity index (χ4v) is 3.35. The van der Waals surface area contributed by atoms with Gasteiger partial charge in [0.05, 0.1) is 11.7 Å². The summed E-state index contributed by atoms with van der Waals surface area (Å²) in [7, 11) is 0. The Morgan fingerprint density at radius 2 is 2.14 bits per heavy atom. The third kappa shape index (κ3) is 4.67. The van der Waals surface area contributed by atoms with Crippen LogP contribution >= 0.6 is 0 Å². The van der Waals surface area contributed by atoms with E-state index in [4.69, 9.17) is 4.74 Å². The largest absolute Gasteiger partial charge is 0.366 e. The highest BCUT2D eigenvalue weighted by molar-refractivity contribution is 5.73. The van der Waals surface area contributed by atoms with Gasteiger partial charge in [0.2, 0.25) is 0 Å². The van der Waals surface area contributed by atoms with Gasteiger partial charge in [-0.1, -0.05) is 29.9 Å². The van der Waals surface area contributed by atoms with Crippen LogP contribution in [0.4, 0.5) is 0 Å². The Morgan fingerprint density at radius 3 is 2.82 bits per heavy atom. The summed E-state index contributed by atoms with van der Waals surface area (Å²) in [6, 6.07) is 0. The van der Waals surface area contributed by atoms with Gasteiger partial charge in [-0.15, -0.1) is 0 Å². The minimum atomic E-state index is 0.0368. The molecular formula is C20H30O2. The highest BCUT2D eigenvalue weighted by Crippen LogP contribution is 2.43. The number of aldehydes is 1. The van der Waals surface area contributed by atoms with Crippen LogP contribution in [0.3, 0.4) is 0 Å². The quantitative estimate of drug-likeness (QED) is 0.401. The molecule has 1 heterocycles. The minimum absolute atomic E-state index is 0.0368. The second-order valence-corrected chi connectivity index (χ2v) is 7.26. The molecule has 0 aromatic heterocycles. The zero-order chi connectivity index (χ0) is 16.2. The SMILES string of the molecule is C=C(C)C1CC=C(C=O)CCC2OC2(C)CCC=C(C)CC1. The molecule has 0 spiro atoms. The molecule has 0 radical (unpaired) electrons. The second-order valence-electron chi connectivity index (χ2n) is 7.26. The van der Waals surface area contributed by atoms with Gasteiger partial charge in [0, 0.05) is 0 Å². The average Bonchev–Trinajstić information content (AvgIpc) is 3.11. The maximum absolute atomic E-state index is 11.3. The molecule has 0 aromatic rings. The first-order valence-electron chi connectivity index (χ1n) is 8.57. The Kier molecular flexibility index (Phi) is 5.80. The molecule has 3 atom stereocenters. The zero-order valence-electron chi connectivity index (χ0n) is 14.4. The molecule has 3 unspecified atom stereocenters. The third-order valence-electron chi connectivity index (χ3n) is 5.26. The summed E-state index contributed by atoms with van der Waals surface area (Å²) in [6.45, 7) is 10.7. The Hall–Kier alpha value is -1.15. The lowest BCUT2D eigenvalue weighted by Gasteiger charge is -2.16. The van der Waals surface area contributed by atoms with E-state index in [1.807, 2.05) is 0 Å². The molecule has 1 aliphatic heterocycles. The topological polar surface area (TPSA) is 29.6 Å². The van der Waals surface area contributed by atoms with Crippen molar-refractivity contribution in [2.24, 2.45) is 5.92 Å². The van der Waals surface area contributed by atoms with Gasteiger partial charge in [0.15, 0.2) is 0 Å². The Labute approximate surface area is 135 Å². The van der Waals surface area contributed by atoms with Crippen LogP contribution in [0.5, 0.6) is 0 Å². The van der Waals surface area contributed by atoms with Gasteiger partial charge in [-0.05, 0) is 77.2 Å². The summed E-state index contributed by atoms with van der Waals surface area (Å²) in [6.07, 6.45) is 13.0. The molecule has 2 heteroatoms. The van der Waals surface area contributed by atoms with Crippen LogP contribution in [0.15, 0.2) is 35.5 Å². The Morgan fingerprint density at radius 1 is 1.36 bits per heavy atom. The van der Waals surface area contributed by atoms with Crippen molar-refractivity contribution in [3.63, 3.8) is 0 Å². The van der Waals surface area contributed by atoms with Crippen LogP contribution in [0.2, 0.25) is 0 Å². The van der Waals surface area contributed by atoms with Crippen LogP contribution in [0.25, 0.3) is 0 Å². The standard InChI is InChI=1S/C20H30O2/c1-15(2)18-10-7-16(3)6-5-13-20(4)19(22-20)12-9-17(14-21)8-11-18/h6,8,14,18-19H,1,5,7,9-13H2,2-4H3. The molecule has 0 N–H and O–H groups in total. The van der Waals surface area contributed by atoms with Crippen molar-refractivity contribution in [1.82, 2.24) is 0 Å². The van der Waals surface area contributed by atoms with Crippen molar-refractivity contribution in [2.75, 3.05) is 0 Å². The van der Waals surface area contributed by atoms with Gasteiger partial charge in [0.1, 0.15) is 6.29 Å². The van der Waals surface area contributed by atoms with Crippen LogP contribution < -0.4 is 0 Å². The van der Waals surface area contributed by atoms with E-state index >= 15 is 0 Å². The molecule has 2 aliphatic rings. The number of ether oxygens (including phenoxy) is 1. The van der Waals surface area contributed by atoms with Crippen molar-refractivity contribution in [3.05, 3.63) is 35.5 Å². The molecule has 2 nitrogen and oxygen atoms in total. The molecule has 0 saturated carbocycles. The van der Waals surface area contributed by atoms with Gasteiger partial charge in [-0.2, -0.15) is 0 Å². The lowest BCUT2D eigenvalue weighted by molar-refractivity contribution is -0.105. The number of epoxide rings is 1. The van der Waals surface area contributed by atoms with E-state index in [-0.39, 0.29) is 5.60 Å². The average molecular weight is 302 g/mol. The highest BCUT2D eigenvalue weighted by atomic mass is 16.6. The highest BCUT2D eigenvalue weighted by Gasteiger charge is 2.50. The molecule has 2 rings (SSSR count). The number of carbonyl (C=O) groups excluding carboxylic acids is 1. The van der Waals surface area contributed by atoms with E-state index in [9.17, 15) is 4.79 Å². The predicted octanol–water partition coefficient (Wildman–Crippen LogP) is 5.15. The first-order valence-corrected chi connectivity index (χ1v) is 8.57. The van der Waals surface area contributed by atoms with Crippen molar-refractivity contribution < 1.29 is 9.53 Å². The molecule has 1 fully saturated rings. The lowest BCUT2D eigenvalue weighted by Crippen LogP contribution is -2.10. The molecule has 122 valence electrons. The maximum atomic E-state index is 11.3. The van der Waals surface area contributed by atoms with Crippen LogP contribution in [-0.4, -0.2) is 18.0 Å². The normalized spacial score (nSPS) is 33.8. The maximum Gasteiger partial charge on any atom is 0.145 e. The summed E-state index contributed by atoms with van der Waals surface area (Å²) in [4.78, 5) is 11.3. The Bertz CT molecular complexity index is 486. The van der Waals surface area contributed by atoms with Crippen LogP contribution in [0.1, 0.15) is 65.7 Å². The number of hydrogen-bond donors (Lipinski definition) is 0. The van der Waals surface area contributed by atoms with Gasteiger partial charge >= 0.3 is 0 Å². The third-order valence-corrected chi connectivity index (χ3v) is 5.26. The van der Waals surface area contributed by atoms with Crippen molar-refractivity contribution in [1.29, 1.82) is 0 Å². The molecule has 22 heavy (non-hydrogen) atoms. The van der Waals surface area contributed by atoms with Crippen molar-refractivity contribution >= 4 is 6.29 Å². The summed E-state index contributed by atoms with van der Waals surface area (Å²) >= 11 is 0. The number of rotatable bonds is 2. The minimum Gasteiger partial charge on any atom is -0.366 e. The molecular weight excluding hydrogens is 272 g/mol. The van der Waals surface area contributed by atoms with Gasteiger partial charge in [-0.25, -0.2) is 0 Å². The summed E-state index contributed by atoms with van der Waals surface area (Å²) < 4.78 is 5.88. The van der Waals surface area contributed by atoms with Crippen LogP contribution in [0, 0.1) is 5.92 Å². The van der Waals surface area contributed by atoms with E-state index in [2.05, 4.69) is 39.5 Å². The summed E-state index contributed by atoms with van der Waals surface area (Å²) in [5.41, 5.74) is 3.64. The first kappa shape index (κ1) is 17.2. The number of fused-ring (bicyclic) bond motifs is 1. The summed E-state index contributed by atoms with van der Waals surface area (Å²) in [5, 5.41) is 0. The molecule has 1 aliphatic carbocycles. The van der Waals surface area contributed by atoms with Gasteiger partial charge in [0.25, 0.3) is 0 Å². The lowest BCUT2D eigenvalue weighted by atomic mass is 9.89.